The number of hydrogen-bond donors (Lipinski definition) is 1. The van der Waals surface area contributed by atoms with E-state index in [4.69, 9.17) is 0 Å². The van der Waals surface area contributed by atoms with Crippen LogP contribution in [0, 0.1) is 0 Å². The highest BCUT2D eigenvalue weighted by Crippen LogP contribution is 2.32. The normalized spacial score (nSPS) is 13.0. The number of fused-ring (bicyclic) bond motifs is 2. The van der Waals surface area contributed by atoms with Crippen molar-refractivity contribution in [2.24, 2.45) is 0 Å². The molecule has 1 N–H and O–H groups in total. The van der Waals surface area contributed by atoms with Crippen LogP contribution in [0.5, 0.6) is 0 Å². The maximum atomic E-state index is 13.2. The summed E-state index contributed by atoms with van der Waals surface area (Å²) in [5.41, 5.74) is 1.25. The summed E-state index contributed by atoms with van der Waals surface area (Å²) in [6.45, 7) is 1.91. The van der Waals surface area contributed by atoms with Gasteiger partial charge >= 0.3 is 6.18 Å². The number of anilines is 1. The molecule has 27 heavy (non-hydrogen) atoms. The van der Waals surface area contributed by atoms with E-state index in [0.29, 0.717) is 5.39 Å². The van der Waals surface area contributed by atoms with E-state index in [9.17, 15) is 13.2 Å². The van der Waals surface area contributed by atoms with Crippen molar-refractivity contribution in [3.8, 4) is 0 Å². The first-order chi connectivity index (χ1) is 12.9. The number of halogens is 3. The lowest BCUT2D eigenvalue weighted by Crippen LogP contribution is -2.15. The first kappa shape index (κ1) is 17.3. The van der Waals surface area contributed by atoms with E-state index in [-0.39, 0.29) is 17.4 Å². The van der Waals surface area contributed by atoms with Crippen LogP contribution in [0.4, 0.5) is 19.0 Å². The lowest BCUT2D eigenvalue weighted by Gasteiger charge is -2.19. The monoisotopic (exact) mass is 367 g/mol. The molecule has 0 radical (unpaired) electrons. The quantitative estimate of drug-likeness (QED) is 0.484. The minimum atomic E-state index is -4.61. The van der Waals surface area contributed by atoms with Crippen molar-refractivity contribution in [2.75, 3.05) is 5.32 Å². The second-order valence-electron chi connectivity index (χ2n) is 6.35. The molecule has 0 aliphatic carbocycles. The van der Waals surface area contributed by atoms with Crippen molar-refractivity contribution < 1.29 is 13.2 Å². The van der Waals surface area contributed by atoms with Crippen LogP contribution in [-0.4, -0.2) is 9.97 Å². The van der Waals surface area contributed by atoms with Gasteiger partial charge in [0.2, 0.25) is 5.82 Å². The molecular weight excluding hydrogens is 351 g/mol. The molecule has 3 aromatic carbocycles. The van der Waals surface area contributed by atoms with E-state index in [1.54, 1.807) is 24.3 Å². The van der Waals surface area contributed by atoms with E-state index in [0.717, 1.165) is 16.3 Å². The van der Waals surface area contributed by atoms with Crippen molar-refractivity contribution in [1.29, 1.82) is 0 Å². The van der Waals surface area contributed by atoms with Gasteiger partial charge in [0.1, 0.15) is 5.82 Å². The van der Waals surface area contributed by atoms with E-state index in [2.05, 4.69) is 15.3 Å². The zero-order chi connectivity index (χ0) is 19.0. The zero-order valence-corrected chi connectivity index (χ0v) is 14.5. The molecule has 136 valence electrons. The van der Waals surface area contributed by atoms with Crippen molar-refractivity contribution in [3.05, 3.63) is 78.1 Å². The Balaban J connectivity index is 1.80. The topological polar surface area (TPSA) is 37.8 Å². The molecule has 0 unspecified atom stereocenters. The van der Waals surface area contributed by atoms with Crippen molar-refractivity contribution in [1.82, 2.24) is 9.97 Å². The maximum absolute atomic E-state index is 13.2. The summed E-state index contributed by atoms with van der Waals surface area (Å²) < 4.78 is 39.6. The smallest absolute Gasteiger partial charge is 0.363 e. The molecule has 0 spiro atoms. The number of nitrogens with one attached hydrogen (secondary N) is 1. The Hall–Kier alpha value is -3.15. The van der Waals surface area contributed by atoms with Gasteiger partial charge in [-0.15, -0.1) is 0 Å². The third-order valence-electron chi connectivity index (χ3n) is 4.50. The average molecular weight is 367 g/mol. The Morgan fingerprint density at radius 3 is 2.26 bits per heavy atom. The van der Waals surface area contributed by atoms with Crippen LogP contribution in [0.1, 0.15) is 24.4 Å². The summed E-state index contributed by atoms with van der Waals surface area (Å²) in [7, 11) is 0. The molecule has 1 aromatic heterocycles. The first-order valence-electron chi connectivity index (χ1n) is 8.51. The highest BCUT2D eigenvalue weighted by Gasteiger charge is 2.35. The van der Waals surface area contributed by atoms with Crippen LogP contribution in [0.2, 0.25) is 0 Å². The molecule has 0 saturated heterocycles. The van der Waals surface area contributed by atoms with Crippen molar-refractivity contribution >= 4 is 27.5 Å². The summed E-state index contributed by atoms with van der Waals surface area (Å²) in [5, 5.41) is 5.83. The predicted octanol–water partition coefficient (Wildman–Crippen LogP) is 5.97. The molecule has 1 atom stereocenters. The van der Waals surface area contributed by atoms with Crippen LogP contribution < -0.4 is 5.32 Å². The Morgan fingerprint density at radius 2 is 1.48 bits per heavy atom. The number of rotatable bonds is 3. The molecule has 4 rings (SSSR count). The largest absolute Gasteiger partial charge is 0.451 e. The number of para-hydroxylation sites is 1. The molecule has 0 bridgehead atoms. The lowest BCUT2D eigenvalue weighted by molar-refractivity contribution is -0.144. The van der Waals surface area contributed by atoms with Crippen LogP contribution in [-0.2, 0) is 6.18 Å². The Labute approximate surface area is 153 Å². The van der Waals surface area contributed by atoms with Crippen molar-refractivity contribution in [2.45, 2.75) is 19.1 Å². The predicted molar refractivity (Wildman–Crippen MR) is 101 cm³/mol. The first-order valence-corrected chi connectivity index (χ1v) is 8.51. The molecule has 6 heteroatoms. The summed E-state index contributed by atoms with van der Waals surface area (Å²) >= 11 is 0. The van der Waals surface area contributed by atoms with Crippen LogP contribution >= 0.6 is 0 Å². The lowest BCUT2D eigenvalue weighted by atomic mass is 9.99. The molecular formula is C21H16F3N3. The molecule has 0 saturated carbocycles. The van der Waals surface area contributed by atoms with E-state index < -0.39 is 12.0 Å². The van der Waals surface area contributed by atoms with Crippen LogP contribution in [0.25, 0.3) is 21.7 Å². The minimum absolute atomic E-state index is 0.174. The van der Waals surface area contributed by atoms with E-state index >= 15 is 0 Å². The maximum Gasteiger partial charge on any atom is 0.451 e. The SMILES string of the molecule is C[C@@H](Nc1nc(C(F)(F)F)nc2ccccc12)c1cccc2ccccc12. The number of hydrogen-bond acceptors (Lipinski definition) is 3. The second-order valence-corrected chi connectivity index (χ2v) is 6.35. The van der Waals surface area contributed by atoms with E-state index in [1.165, 1.54) is 0 Å². The van der Waals surface area contributed by atoms with Crippen LogP contribution in [0.15, 0.2) is 66.7 Å². The van der Waals surface area contributed by atoms with Gasteiger partial charge in [-0.05, 0) is 35.4 Å². The third-order valence-corrected chi connectivity index (χ3v) is 4.50. The van der Waals surface area contributed by atoms with Gasteiger partial charge in [0.25, 0.3) is 0 Å². The molecule has 4 aromatic rings. The van der Waals surface area contributed by atoms with Gasteiger partial charge in [0, 0.05) is 5.39 Å². The number of alkyl halides is 3. The molecule has 0 aliphatic rings. The van der Waals surface area contributed by atoms with Gasteiger partial charge < -0.3 is 5.32 Å². The van der Waals surface area contributed by atoms with Gasteiger partial charge in [-0.1, -0.05) is 54.6 Å². The fourth-order valence-electron chi connectivity index (χ4n) is 3.22. The summed E-state index contributed by atoms with van der Waals surface area (Å²) in [5.74, 6) is -0.970. The number of nitrogens with zero attached hydrogens (tertiary/aromatic N) is 2. The fraction of sp³-hybridized carbons (Fsp3) is 0.143. The van der Waals surface area contributed by atoms with Crippen molar-refractivity contribution in [3.63, 3.8) is 0 Å². The Kier molecular flexibility index (Phi) is 4.18. The molecule has 0 fully saturated rings. The molecule has 3 nitrogen and oxygen atoms in total. The van der Waals surface area contributed by atoms with Crippen LogP contribution in [0.3, 0.4) is 0 Å². The molecule has 0 aliphatic heterocycles. The zero-order valence-electron chi connectivity index (χ0n) is 14.5. The summed E-state index contributed by atoms with van der Waals surface area (Å²) in [6.07, 6.45) is -4.61. The number of benzene rings is 3. The van der Waals surface area contributed by atoms with Gasteiger partial charge in [0.05, 0.1) is 11.6 Å². The van der Waals surface area contributed by atoms with Gasteiger partial charge in [-0.2, -0.15) is 13.2 Å². The second kappa shape index (κ2) is 6.54. The van der Waals surface area contributed by atoms with Gasteiger partial charge in [-0.3, -0.25) is 0 Å². The highest BCUT2D eigenvalue weighted by molar-refractivity contribution is 5.90. The van der Waals surface area contributed by atoms with Gasteiger partial charge in [0.15, 0.2) is 0 Å². The highest BCUT2D eigenvalue weighted by atomic mass is 19.4. The fourth-order valence-corrected chi connectivity index (χ4v) is 3.22. The average Bonchev–Trinajstić information content (AvgIpc) is 2.66. The van der Waals surface area contributed by atoms with Gasteiger partial charge in [-0.25, -0.2) is 9.97 Å². The van der Waals surface area contributed by atoms with E-state index in [1.807, 2.05) is 49.4 Å². The molecule has 0 amide bonds. The minimum Gasteiger partial charge on any atom is -0.363 e. The number of aromatic nitrogens is 2. The Bertz CT molecular complexity index is 1120. The summed E-state index contributed by atoms with van der Waals surface area (Å²) in [4.78, 5) is 7.43. The Morgan fingerprint density at radius 1 is 0.815 bits per heavy atom. The molecule has 1 heterocycles. The standard InChI is InChI=1S/C21H16F3N3/c1-13(15-11-6-8-14-7-2-3-9-16(14)15)25-19-17-10-4-5-12-18(17)26-20(27-19)21(22,23)24/h2-13H,1H3,(H,25,26,27)/t13-/m1/s1. The third kappa shape index (κ3) is 3.30. The summed E-state index contributed by atoms with van der Waals surface area (Å²) in [6, 6.07) is 20.3.